The lowest BCUT2D eigenvalue weighted by Crippen LogP contribution is -2.09. The number of benzene rings is 1. The molecule has 0 radical (unpaired) electrons. The van der Waals surface area contributed by atoms with Crippen LogP contribution in [0.2, 0.25) is 0 Å². The highest BCUT2D eigenvalue weighted by molar-refractivity contribution is 6.01. The highest BCUT2D eigenvalue weighted by Crippen LogP contribution is 2.17. The zero-order valence-electron chi connectivity index (χ0n) is 8.99. The Morgan fingerprint density at radius 2 is 2.20 bits per heavy atom. The molecular formula is C12H15NO2. The number of carbonyl (C=O) groups excluding carboxylic acids is 2. The van der Waals surface area contributed by atoms with Crippen LogP contribution in [0.1, 0.15) is 29.3 Å². The molecule has 0 bridgehead atoms. The zero-order valence-corrected chi connectivity index (χ0v) is 8.99. The van der Waals surface area contributed by atoms with Crippen LogP contribution in [-0.4, -0.2) is 12.1 Å². The summed E-state index contributed by atoms with van der Waals surface area (Å²) in [7, 11) is 0. The van der Waals surface area contributed by atoms with Gasteiger partial charge in [-0.1, -0.05) is 13.0 Å². The molecule has 80 valence electrons. The predicted octanol–water partition coefficient (Wildman–Crippen LogP) is 1.99. The number of anilines is 1. The first kappa shape index (κ1) is 11.4. The van der Waals surface area contributed by atoms with E-state index in [1.807, 2.05) is 13.0 Å². The summed E-state index contributed by atoms with van der Waals surface area (Å²) in [6.45, 7) is 3.63. The Morgan fingerprint density at radius 3 is 2.73 bits per heavy atom. The van der Waals surface area contributed by atoms with Crippen molar-refractivity contribution < 1.29 is 9.59 Å². The molecule has 2 N–H and O–H groups in total. The molecule has 0 spiro atoms. The number of Topliss-reactive ketones (excluding diaryl/α,β-unsaturated/α-hetero) is 1. The van der Waals surface area contributed by atoms with E-state index in [9.17, 15) is 9.59 Å². The Bertz CT molecular complexity index is 385. The summed E-state index contributed by atoms with van der Waals surface area (Å²) in [6.07, 6.45) is 0.999. The maximum absolute atomic E-state index is 11.7. The minimum atomic E-state index is -0.252. The third kappa shape index (κ3) is 2.91. The maximum Gasteiger partial charge on any atom is 0.165 e. The summed E-state index contributed by atoms with van der Waals surface area (Å²) >= 11 is 0. The zero-order chi connectivity index (χ0) is 11.4. The van der Waals surface area contributed by atoms with E-state index in [-0.39, 0.29) is 18.1 Å². The Labute approximate surface area is 89.3 Å². The second-order valence-electron chi connectivity index (χ2n) is 3.83. The van der Waals surface area contributed by atoms with Crippen LogP contribution in [0.25, 0.3) is 0 Å². The molecule has 0 aliphatic rings. The van der Waals surface area contributed by atoms with Crippen molar-refractivity contribution >= 4 is 17.8 Å². The predicted molar refractivity (Wildman–Crippen MR) is 59.8 cm³/mol. The number of hydrogen-bond acceptors (Lipinski definition) is 3. The van der Waals surface area contributed by atoms with Gasteiger partial charge in [0.1, 0.15) is 6.29 Å². The van der Waals surface area contributed by atoms with Crippen molar-refractivity contribution in [2.75, 3.05) is 5.73 Å². The van der Waals surface area contributed by atoms with Gasteiger partial charge in [0.05, 0.1) is 0 Å². The highest BCUT2D eigenvalue weighted by Gasteiger charge is 2.12. The van der Waals surface area contributed by atoms with Gasteiger partial charge in [-0.05, 0) is 24.6 Å². The van der Waals surface area contributed by atoms with Gasteiger partial charge >= 0.3 is 0 Å². The Hall–Kier alpha value is -1.64. The van der Waals surface area contributed by atoms with Gasteiger partial charge in [0, 0.05) is 23.6 Å². The van der Waals surface area contributed by atoms with Gasteiger partial charge in [-0.3, -0.25) is 4.79 Å². The minimum absolute atomic E-state index is 0.0768. The Kier molecular flexibility index (Phi) is 3.61. The summed E-state index contributed by atoms with van der Waals surface area (Å²) in [4.78, 5) is 22.1. The van der Waals surface area contributed by atoms with Crippen LogP contribution in [-0.2, 0) is 4.79 Å². The third-order valence-corrected chi connectivity index (χ3v) is 2.25. The first-order valence-electron chi connectivity index (χ1n) is 4.89. The fourth-order valence-corrected chi connectivity index (χ4v) is 1.39. The molecule has 0 saturated heterocycles. The van der Waals surface area contributed by atoms with Gasteiger partial charge in [0.25, 0.3) is 0 Å². The molecule has 0 saturated carbocycles. The van der Waals surface area contributed by atoms with E-state index in [4.69, 9.17) is 5.73 Å². The van der Waals surface area contributed by atoms with Crippen LogP contribution < -0.4 is 5.73 Å². The molecule has 0 heterocycles. The molecular weight excluding hydrogens is 190 g/mol. The molecule has 1 aromatic carbocycles. The third-order valence-electron chi connectivity index (χ3n) is 2.25. The van der Waals surface area contributed by atoms with Gasteiger partial charge in [0.15, 0.2) is 5.78 Å². The normalized spacial score (nSPS) is 12.1. The van der Waals surface area contributed by atoms with Crippen LogP contribution in [0.3, 0.4) is 0 Å². The number of aldehydes is 1. The van der Waals surface area contributed by atoms with Crippen LogP contribution in [0.4, 0.5) is 5.69 Å². The van der Waals surface area contributed by atoms with Gasteiger partial charge in [-0.2, -0.15) is 0 Å². The van der Waals surface area contributed by atoms with Crippen LogP contribution >= 0.6 is 0 Å². The summed E-state index contributed by atoms with van der Waals surface area (Å²) in [5, 5.41) is 0. The fraction of sp³-hybridized carbons (Fsp3) is 0.333. The molecule has 1 rings (SSSR count). The fourth-order valence-electron chi connectivity index (χ4n) is 1.39. The second-order valence-corrected chi connectivity index (χ2v) is 3.83. The molecule has 3 nitrogen and oxygen atoms in total. The Morgan fingerprint density at radius 1 is 1.53 bits per heavy atom. The average Bonchev–Trinajstić information content (AvgIpc) is 2.17. The van der Waals surface area contributed by atoms with Crippen molar-refractivity contribution in [3.63, 3.8) is 0 Å². The number of nitrogen functional groups attached to an aromatic ring is 1. The summed E-state index contributed by atoms with van der Waals surface area (Å²) < 4.78 is 0. The SMILES string of the molecule is Cc1ccc(C(=O)CC(C)C=O)c(N)c1. The van der Waals surface area contributed by atoms with Crippen molar-refractivity contribution in [2.24, 2.45) is 5.92 Å². The first-order valence-corrected chi connectivity index (χ1v) is 4.89. The Balaban J connectivity index is 2.87. The van der Waals surface area contributed by atoms with E-state index in [0.717, 1.165) is 11.8 Å². The van der Waals surface area contributed by atoms with Crippen LogP contribution in [0, 0.1) is 12.8 Å². The van der Waals surface area contributed by atoms with E-state index < -0.39 is 0 Å². The van der Waals surface area contributed by atoms with E-state index in [0.29, 0.717) is 11.3 Å². The van der Waals surface area contributed by atoms with Crippen molar-refractivity contribution in [3.8, 4) is 0 Å². The standard InChI is InChI=1S/C12H15NO2/c1-8-3-4-10(11(13)5-8)12(15)6-9(2)7-14/h3-5,7,9H,6,13H2,1-2H3. The summed E-state index contributed by atoms with van der Waals surface area (Å²) in [5.74, 6) is -0.328. The molecule has 0 aromatic heterocycles. The number of aryl methyl sites for hydroxylation is 1. The summed E-state index contributed by atoms with van der Waals surface area (Å²) in [5.41, 5.74) is 7.74. The molecule has 0 aliphatic carbocycles. The van der Waals surface area contributed by atoms with Crippen LogP contribution in [0.5, 0.6) is 0 Å². The van der Waals surface area contributed by atoms with Crippen molar-refractivity contribution in [1.29, 1.82) is 0 Å². The molecule has 1 aromatic rings. The lowest BCUT2D eigenvalue weighted by atomic mass is 9.99. The highest BCUT2D eigenvalue weighted by atomic mass is 16.1. The number of nitrogens with two attached hydrogens (primary N) is 1. The molecule has 0 amide bonds. The molecule has 0 aliphatic heterocycles. The van der Waals surface area contributed by atoms with Crippen LogP contribution in [0.15, 0.2) is 18.2 Å². The molecule has 3 heteroatoms. The van der Waals surface area contributed by atoms with E-state index >= 15 is 0 Å². The number of hydrogen-bond donors (Lipinski definition) is 1. The monoisotopic (exact) mass is 205 g/mol. The molecule has 1 atom stereocenters. The maximum atomic E-state index is 11.7. The largest absolute Gasteiger partial charge is 0.398 e. The molecule has 1 unspecified atom stereocenters. The first-order chi connectivity index (χ1) is 7.04. The summed E-state index contributed by atoms with van der Waals surface area (Å²) in [6, 6.07) is 5.32. The average molecular weight is 205 g/mol. The van der Waals surface area contributed by atoms with E-state index in [2.05, 4.69) is 0 Å². The quantitative estimate of drug-likeness (QED) is 0.464. The second kappa shape index (κ2) is 4.73. The smallest absolute Gasteiger partial charge is 0.165 e. The lowest BCUT2D eigenvalue weighted by molar-refractivity contribution is -0.110. The topological polar surface area (TPSA) is 60.2 Å². The van der Waals surface area contributed by atoms with Crippen molar-refractivity contribution in [1.82, 2.24) is 0 Å². The van der Waals surface area contributed by atoms with Crippen molar-refractivity contribution in [2.45, 2.75) is 20.3 Å². The van der Waals surface area contributed by atoms with Crippen molar-refractivity contribution in [3.05, 3.63) is 29.3 Å². The van der Waals surface area contributed by atoms with Gasteiger partial charge in [-0.25, -0.2) is 0 Å². The molecule has 15 heavy (non-hydrogen) atoms. The van der Waals surface area contributed by atoms with Gasteiger partial charge in [0.2, 0.25) is 0 Å². The number of rotatable bonds is 4. The molecule has 0 fully saturated rings. The minimum Gasteiger partial charge on any atom is -0.398 e. The lowest BCUT2D eigenvalue weighted by Gasteiger charge is -2.06. The van der Waals surface area contributed by atoms with E-state index in [1.165, 1.54) is 0 Å². The number of carbonyl (C=O) groups is 2. The van der Waals surface area contributed by atoms with E-state index in [1.54, 1.807) is 19.1 Å². The number of ketones is 1. The van der Waals surface area contributed by atoms with Gasteiger partial charge < -0.3 is 10.5 Å². The van der Waals surface area contributed by atoms with Gasteiger partial charge in [-0.15, -0.1) is 0 Å².